The minimum atomic E-state index is -3.37. The number of halogens is 3. The zero-order valence-corrected chi connectivity index (χ0v) is 17.6. The summed E-state index contributed by atoms with van der Waals surface area (Å²) in [6, 6.07) is 7.45. The van der Waals surface area contributed by atoms with Crippen LogP contribution in [0, 0.1) is 3.57 Å². The maximum absolute atomic E-state index is 11.2. The van der Waals surface area contributed by atoms with Crippen molar-refractivity contribution in [1.29, 1.82) is 0 Å². The fraction of sp³-hybridized carbons (Fsp3) is 0.188. The van der Waals surface area contributed by atoms with Crippen LogP contribution in [-0.2, 0) is 10.0 Å². The van der Waals surface area contributed by atoms with Gasteiger partial charge in [-0.15, -0.1) is 0 Å². The minimum absolute atomic E-state index is 0.325. The van der Waals surface area contributed by atoms with Gasteiger partial charge in [0, 0.05) is 28.3 Å². The van der Waals surface area contributed by atoms with E-state index in [2.05, 4.69) is 44.2 Å². The molecule has 0 aliphatic heterocycles. The number of sulfonamides is 1. The Morgan fingerprint density at radius 1 is 1.20 bits per heavy atom. The molecule has 0 atom stereocenters. The van der Waals surface area contributed by atoms with E-state index in [1.54, 1.807) is 6.20 Å². The van der Waals surface area contributed by atoms with Gasteiger partial charge in [0.05, 0.1) is 10.0 Å². The van der Waals surface area contributed by atoms with E-state index in [-0.39, 0.29) is 0 Å². The molecule has 9 heteroatoms. The standard InChI is InChI=1S/C16H16Cl2IN3O2S/c1-2-25(23,24)22-6-3-5-20-16-8-11(4-7-21-16)12-9-13(17)14(18)10-15(12)19/h2,4,7-10,22H,1,3,5-6H2,(H,20,21). The Morgan fingerprint density at radius 3 is 2.64 bits per heavy atom. The Bertz CT molecular complexity index is 876. The van der Waals surface area contributed by atoms with Crippen molar-refractivity contribution in [2.75, 3.05) is 18.4 Å². The molecule has 0 radical (unpaired) electrons. The van der Waals surface area contributed by atoms with Crippen molar-refractivity contribution in [3.05, 3.63) is 56.1 Å². The third-order valence-electron chi connectivity index (χ3n) is 3.26. The third-order valence-corrected chi connectivity index (χ3v) is 5.92. The molecule has 0 spiro atoms. The molecule has 5 nitrogen and oxygen atoms in total. The fourth-order valence-corrected chi connectivity index (χ4v) is 3.85. The fourth-order valence-electron chi connectivity index (χ4n) is 2.02. The summed E-state index contributed by atoms with van der Waals surface area (Å²) in [6.07, 6.45) is 2.32. The lowest BCUT2D eigenvalue weighted by molar-refractivity contribution is 0.589. The highest BCUT2D eigenvalue weighted by Crippen LogP contribution is 2.33. The molecule has 0 fully saturated rings. The number of anilines is 1. The number of rotatable bonds is 8. The van der Waals surface area contributed by atoms with Gasteiger partial charge in [-0.25, -0.2) is 18.1 Å². The summed E-state index contributed by atoms with van der Waals surface area (Å²) in [6.45, 7) is 4.14. The summed E-state index contributed by atoms with van der Waals surface area (Å²) in [4.78, 5) is 4.27. The Morgan fingerprint density at radius 2 is 1.92 bits per heavy atom. The summed E-state index contributed by atoms with van der Waals surface area (Å²) < 4.78 is 25.9. The summed E-state index contributed by atoms with van der Waals surface area (Å²) >= 11 is 14.4. The van der Waals surface area contributed by atoms with E-state index in [0.29, 0.717) is 35.4 Å². The van der Waals surface area contributed by atoms with Crippen molar-refractivity contribution in [3.63, 3.8) is 0 Å². The topological polar surface area (TPSA) is 71.1 Å². The first-order valence-corrected chi connectivity index (χ1v) is 10.7. The van der Waals surface area contributed by atoms with Gasteiger partial charge in [-0.1, -0.05) is 29.8 Å². The molecule has 0 saturated heterocycles. The first-order valence-electron chi connectivity index (χ1n) is 7.29. The molecule has 1 heterocycles. The van der Waals surface area contributed by atoms with Crippen LogP contribution in [0.3, 0.4) is 0 Å². The average molecular weight is 512 g/mol. The van der Waals surface area contributed by atoms with Gasteiger partial charge in [0.1, 0.15) is 5.82 Å². The second-order valence-electron chi connectivity index (χ2n) is 5.06. The van der Waals surface area contributed by atoms with Crippen LogP contribution in [-0.4, -0.2) is 26.5 Å². The van der Waals surface area contributed by atoms with Gasteiger partial charge in [-0.05, 0) is 64.4 Å². The normalized spacial score (nSPS) is 11.3. The molecule has 1 aromatic heterocycles. The van der Waals surface area contributed by atoms with Crippen LogP contribution in [0.1, 0.15) is 6.42 Å². The van der Waals surface area contributed by atoms with E-state index in [0.717, 1.165) is 20.1 Å². The Kier molecular flexibility index (Phi) is 7.51. The van der Waals surface area contributed by atoms with Crippen molar-refractivity contribution in [3.8, 4) is 11.1 Å². The van der Waals surface area contributed by atoms with E-state index in [9.17, 15) is 8.42 Å². The van der Waals surface area contributed by atoms with Gasteiger partial charge in [-0.3, -0.25) is 0 Å². The van der Waals surface area contributed by atoms with Crippen LogP contribution in [0.4, 0.5) is 5.82 Å². The maximum Gasteiger partial charge on any atom is 0.233 e. The number of nitrogens with one attached hydrogen (secondary N) is 2. The molecule has 0 aliphatic carbocycles. The molecule has 0 unspecified atom stereocenters. The van der Waals surface area contributed by atoms with E-state index in [1.165, 1.54) is 0 Å². The zero-order chi connectivity index (χ0) is 18.4. The Balaban J connectivity index is 2.00. The van der Waals surface area contributed by atoms with E-state index in [1.807, 2.05) is 24.3 Å². The SMILES string of the molecule is C=CS(=O)(=O)NCCCNc1cc(-c2cc(Cl)c(Cl)cc2I)ccn1. The van der Waals surface area contributed by atoms with Gasteiger partial charge in [0.25, 0.3) is 0 Å². The molecular weight excluding hydrogens is 496 g/mol. The van der Waals surface area contributed by atoms with Gasteiger partial charge in [0.15, 0.2) is 0 Å². The van der Waals surface area contributed by atoms with Gasteiger partial charge >= 0.3 is 0 Å². The van der Waals surface area contributed by atoms with E-state index < -0.39 is 10.0 Å². The number of pyridine rings is 1. The molecule has 2 aromatic rings. The molecule has 0 amide bonds. The summed E-state index contributed by atoms with van der Waals surface area (Å²) in [5.74, 6) is 0.700. The lowest BCUT2D eigenvalue weighted by atomic mass is 10.1. The minimum Gasteiger partial charge on any atom is -0.370 e. The molecule has 25 heavy (non-hydrogen) atoms. The summed E-state index contributed by atoms with van der Waals surface area (Å²) in [5.41, 5.74) is 1.94. The lowest BCUT2D eigenvalue weighted by Crippen LogP contribution is -2.23. The molecule has 0 saturated carbocycles. The van der Waals surface area contributed by atoms with Crippen LogP contribution in [0.25, 0.3) is 11.1 Å². The molecular formula is C16H16Cl2IN3O2S. The molecule has 2 N–H and O–H groups in total. The van der Waals surface area contributed by atoms with Crippen LogP contribution >= 0.6 is 45.8 Å². The quantitative estimate of drug-likeness (QED) is 0.310. The van der Waals surface area contributed by atoms with Crippen LogP contribution in [0.5, 0.6) is 0 Å². The second-order valence-corrected chi connectivity index (χ2v) is 8.75. The van der Waals surface area contributed by atoms with Crippen LogP contribution < -0.4 is 10.0 Å². The molecule has 0 aliphatic rings. The number of benzene rings is 1. The monoisotopic (exact) mass is 511 g/mol. The van der Waals surface area contributed by atoms with Crippen molar-refractivity contribution in [2.24, 2.45) is 0 Å². The van der Waals surface area contributed by atoms with Crippen LogP contribution in [0.15, 0.2) is 42.4 Å². The van der Waals surface area contributed by atoms with E-state index in [4.69, 9.17) is 23.2 Å². The van der Waals surface area contributed by atoms with E-state index >= 15 is 0 Å². The molecule has 2 rings (SSSR count). The number of aromatic nitrogens is 1. The highest BCUT2D eigenvalue weighted by molar-refractivity contribution is 14.1. The first kappa shape index (κ1) is 20.4. The zero-order valence-electron chi connectivity index (χ0n) is 13.1. The smallest absolute Gasteiger partial charge is 0.233 e. The molecule has 1 aromatic carbocycles. The first-order chi connectivity index (χ1) is 11.8. The van der Waals surface area contributed by atoms with Gasteiger partial charge < -0.3 is 5.32 Å². The average Bonchev–Trinajstić information content (AvgIpc) is 2.58. The highest BCUT2D eigenvalue weighted by Gasteiger charge is 2.09. The number of hydrogen-bond donors (Lipinski definition) is 2. The summed E-state index contributed by atoms with van der Waals surface area (Å²) in [7, 11) is -3.37. The van der Waals surface area contributed by atoms with Crippen LogP contribution in [0.2, 0.25) is 10.0 Å². The molecule has 134 valence electrons. The number of nitrogens with zero attached hydrogens (tertiary/aromatic N) is 1. The van der Waals surface area contributed by atoms with Gasteiger partial charge in [0.2, 0.25) is 10.0 Å². The maximum atomic E-state index is 11.2. The lowest BCUT2D eigenvalue weighted by Gasteiger charge is -2.10. The largest absolute Gasteiger partial charge is 0.370 e. The van der Waals surface area contributed by atoms with Crippen molar-refractivity contribution >= 4 is 61.6 Å². The third kappa shape index (κ3) is 6.10. The molecule has 0 bridgehead atoms. The predicted octanol–water partition coefficient (Wildman–Crippen LogP) is 4.52. The highest BCUT2D eigenvalue weighted by atomic mass is 127. The van der Waals surface area contributed by atoms with Gasteiger partial charge in [-0.2, -0.15) is 0 Å². The van der Waals surface area contributed by atoms with Crippen molar-refractivity contribution < 1.29 is 8.42 Å². The van der Waals surface area contributed by atoms with Crippen molar-refractivity contribution in [1.82, 2.24) is 9.71 Å². The second kappa shape index (κ2) is 9.18. The number of hydrogen-bond acceptors (Lipinski definition) is 4. The summed E-state index contributed by atoms with van der Waals surface area (Å²) in [5, 5.41) is 5.08. The Labute approximate surface area is 171 Å². The Hall–Kier alpha value is -0.870. The van der Waals surface area contributed by atoms with Crippen molar-refractivity contribution in [2.45, 2.75) is 6.42 Å². The predicted molar refractivity (Wildman–Crippen MR) is 113 cm³/mol.